The molecule has 2 heterocycles. The summed E-state index contributed by atoms with van der Waals surface area (Å²) in [6, 6.07) is 4.00. The van der Waals surface area contributed by atoms with Crippen LogP contribution in [0.4, 0.5) is 0 Å². The van der Waals surface area contributed by atoms with Gasteiger partial charge >= 0.3 is 0 Å². The molecule has 6 nitrogen and oxygen atoms in total. The maximum atomic E-state index is 12.9. The van der Waals surface area contributed by atoms with Crippen molar-refractivity contribution in [3.05, 3.63) is 40.2 Å². The first-order valence-corrected chi connectivity index (χ1v) is 11.7. The van der Waals surface area contributed by atoms with Gasteiger partial charge in [-0.05, 0) is 56.9 Å². The third-order valence-corrected chi connectivity index (χ3v) is 8.13. The van der Waals surface area contributed by atoms with E-state index in [0.29, 0.717) is 17.4 Å². The molecule has 0 N–H and O–H groups in total. The first kappa shape index (κ1) is 20.1. The second-order valence-electron chi connectivity index (χ2n) is 7.38. The number of rotatable bonds is 5. The van der Waals surface area contributed by atoms with Gasteiger partial charge in [-0.15, -0.1) is 10.2 Å². The molecule has 1 aliphatic rings. The van der Waals surface area contributed by atoms with Gasteiger partial charge in [-0.3, -0.25) is 4.79 Å². The minimum Gasteiger partial charge on any atom is -0.309 e. The van der Waals surface area contributed by atoms with Crippen LogP contribution in [0.15, 0.2) is 17.3 Å². The highest BCUT2D eigenvalue weighted by Crippen LogP contribution is 2.31. The summed E-state index contributed by atoms with van der Waals surface area (Å²) in [5, 5.41) is 8.74. The lowest BCUT2D eigenvalue weighted by atomic mass is 9.97. The number of nitrogens with zero attached hydrogens (tertiary/aromatic N) is 3. The molecule has 0 spiro atoms. The summed E-state index contributed by atoms with van der Waals surface area (Å²) in [6.45, 7) is 7.88. The molecule has 1 aliphatic heterocycles. The monoisotopic (exact) mass is 407 g/mol. The van der Waals surface area contributed by atoms with Crippen molar-refractivity contribution in [3.8, 4) is 0 Å². The minimum atomic E-state index is -2.98. The van der Waals surface area contributed by atoms with Crippen molar-refractivity contribution < 1.29 is 13.2 Å². The predicted molar refractivity (Wildman–Crippen MR) is 107 cm³/mol. The molecule has 27 heavy (non-hydrogen) atoms. The molecule has 0 aliphatic carbocycles. The smallest absolute Gasteiger partial charge is 0.191 e. The van der Waals surface area contributed by atoms with Crippen molar-refractivity contribution in [1.29, 1.82) is 0 Å². The van der Waals surface area contributed by atoms with Gasteiger partial charge in [0.1, 0.15) is 5.82 Å². The number of carbonyl (C=O) groups is 1. The average molecular weight is 408 g/mol. The zero-order valence-electron chi connectivity index (χ0n) is 16.3. The number of aromatic nitrogens is 3. The number of Topliss-reactive ketones (excluding diaryl/α,β-unsaturated/α-hetero) is 1. The highest BCUT2D eigenvalue weighted by atomic mass is 32.2. The lowest BCUT2D eigenvalue weighted by Gasteiger charge is -2.14. The average Bonchev–Trinajstić information content (AvgIpc) is 3.12. The molecule has 1 aromatic carbocycles. The number of benzene rings is 1. The van der Waals surface area contributed by atoms with Crippen molar-refractivity contribution in [1.82, 2.24) is 14.8 Å². The summed E-state index contributed by atoms with van der Waals surface area (Å²) < 4.78 is 25.3. The van der Waals surface area contributed by atoms with Crippen LogP contribution in [0.3, 0.4) is 0 Å². The topological polar surface area (TPSA) is 81.9 Å². The maximum absolute atomic E-state index is 12.9. The van der Waals surface area contributed by atoms with Gasteiger partial charge < -0.3 is 4.57 Å². The molecule has 0 radical (unpaired) electrons. The van der Waals surface area contributed by atoms with E-state index in [1.165, 1.54) is 17.3 Å². The lowest BCUT2D eigenvalue weighted by Crippen LogP contribution is -2.16. The van der Waals surface area contributed by atoms with E-state index in [1.54, 1.807) is 0 Å². The van der Waals surface area contributed by atoms with Crippen molar-refractivity contribution in [2.75, 3.05) is 11.5 Å². The molecule has 0 bridgehead atoms. The summed E-state index contributed by atoms with van der Waals surface area (Å²) in [5.74, 6) is 0.956. The second kappa shape index (κ2) is 7.39. The molecule has 2 unspecified atom stereocenters. The van der Waals surface area contributed by atoms with Crippen LogP contribution >= 0.6 is 11.8 Å². The normalized spacial score (nSPS) is 20.0. The van der Waals surface area contributed by atoms with E-state index in [1.807, 2.05) is 51.4 Å². The molecule has 8 heteroatoms. The van der Waals surface area contributed by atoms with Crippen molar-refractivity contribution in [3.63, 3.8) is 0 Å². The van der Waals surface area contributed by atoms with Gasteiger partial charge in [-0.2, -0.15) is 0 Å². The molecule has 2 atom stereocenters. The molecule has 146 valence electrons. The number of hydrogen-bond donors (Lipinski definition) is 0. The first-order valence-electron chi connectivity index (χ1n) is 8.97. The van der Waals surface area contributed by atoms with Gasteiger partial charge in [0, 0.05) is 18.5 Å². The van der Waals surface area contributed by atoms with Gasteiger partial charge in [0.25, 0.3) is 0 Å². The third kappa shape index (κ3) is 4.11. The largest absolute Gasteiger partial charge is 0.309 e. The minimum absolute atomic E-state index is 0.0635. The molecule has 0 saturated carbocycles. The quantitative estimate of drug-likeness (QED) is 0.560. The Hall–Kier alpha value is -1.67. The van der Waals surface area contributed by atoms with E-state index in [9.17, 15) is 13.2 Å². The second-order valence-corrected chi connectivity index (χ2v) is 10.9. The summed E-state index contributed by atoms with van der Waals surface area (Å²) in [5.41, 5.74) is 3.99. The standard InChI is InChI=1S/C19H25N3O3S2/c1-11-8-13(3)16(9-12(11)2)17(23)14(4)26-19-21-20-18(22(19)5)15-6-7-27(24,25)10-15/h8-9,14-15H,6-7,10H2,1-5H3. The lowest BCUT2D eigenvalue weighted by molar-refractivity contribution is 0.0993. The van der Waals surface area contributed by atoms with Crippen LogP contribution in [0.1, 0.15) is 52.1 Å². The Morgan fingerprint density at radius 1 is 1.19 bits per heavy atom. The van der Waals surface area contributed by atoms with Crippen LogP contribution in [-0.2, 0) is 16.9 Å². The zero-order valence-corrected chi connectivity index (χ0v) is 17.9. The molecule has 1 fully saturated rings. The molecule has 3 rings (SSSR count). The molecule has 1 aromatic heterocycles. The Labute approximate surface area is 164 Å². The van der Waals surface area contributed by atoms with Crippen molar-refractivity contribution in [2.45, 2.75) is 50.4 Å². The fourth-order valence-electron chi connectivity index (χ4n) is 3.44. The van der Waals surface area contributed by atoms with E-state index >= 15 is 0 Å². The van der Waals surface area contributed by atoms with Crippen LogP contribution in [0, 0.1) is 20.8 Å². The van der Waals surface area contributed by atoms with Crippen LogP contribution < -0.4 is 0 Å². The summed E-state index contributed by atoms with van der Waals surface area (Å²) in [7, 11) is -1.14. The Kier molecular flexibility index (Phi) is 5.49. The Morgan fingerprint density at radius 3 is 2.48 bits per heavy atom. The third-order valence-electron chi connectivity index (χ3n) is 5.22. The van der Waals surface area contributed by atoms with Crippen LogP contribution in [0.25, 0.3) is 0 Å². The highest BCUT2D eigenvalue weighted by molar-refractivity contribution is 8.00. The van der Waals surface area contributed by atoms with Gasteiger partial charge in [0.15, 0.2) is 20.8 Å². The molecule has 1 saturated heterocycles. The van der Waals surface area contributed by atoms with Crippen LogP contribution in [0.2, 0.25) is 0 Å². The Balaban J connectivity index is 1.78. The van der Waals surface area contributed by atoms with E-state index < -0.39 is 9.84 Å². The fourth-order valence-corrected chi connectivity index (χ4v) is 6.07. The maximum Gasteiger partial charge on any atom is 0.191 e. The fraction of sp³-hybridized carbons (Fsp3) is 0.526. The van der Waals surface area contributed by atoms with E-state index in [2.05, 4.69) is 10.2 Å². The number of sulfone groups is 1. The number of hydrogen-bond acceptors (Lipinski definition) is 6. The zero-order chi connectivity index (χ0) is 19.9. The van der Waals surface area contributed by atoms with Crippen LogP contribution in [0.5, 0.6) is 0 Å². The summed E-state index contributed by atoms with van der Waals surface area (Å²) >= 11 is 1.36. The number of carbonyl (C=O) groups excluding carboxylic acids is 1. The number of thioether (sulfide) groups is 1. The Bertz CT molecular complexity index is 996. The van der Waals surface area contributed by atoms with Gasteiger partial charge in [0.2, 0.25) is 0 Å². The molecule has 2 aromatic rings. The highest BCUT2D eigenvalue weighted by Gasteiger charge is 2.33. The van der Waals surface area contributed by atoms with E-state index in [-0.39, 0.29) is 28.5 Å². The molecular weight excluding hydrogens is 382 g/mol. The number of ketones is 1. The van der Waals surface area contributed by atoms with E-state index in [0.717, 1.165) is 16.7 Å². The summed E-state index contributed by atoms with van der Waals surface area (Å²) in [4.78, 5) is 12.9. The molecular formula is C19H25N3O3S2. The summed E-state index contributed by atoms with van der Waals surface area (Å²) in [6.07, 6.45) is 0.579. The first-order chi connectivity index (χ1) is 12.6. The van der Waals surface area contributed by atoms with Crippen molar-refractivity contribution >= 4 is 27.4 Å². The SMILES string of the molecule is Cc1cc(C)c(C(=O)C(C)Sc2nnc(C3CCS(=O)(=O)C3)n2C)cc1C. The van der Waals surface area contributed by atoms with Gasteiger partial charge in [0.05, 0.1) is 16.8 Å². The van der Waals surface area contributed by atoms with Gasteiger partial charge in [-0.1, -0.05) is 17.8 Å². The van der Waals surface area contributed by atoms with Crippen LogP contribution in [-0.4, -0.2) is 45.7 Å². The Morgan fingerprint density at radius 2 is 1.85 bits per heavy atom. The molecule has 0 amide bonds. The predicted octanol–water partition coefficient (Wildman–Crippen LogP) is 3.01. The van der Waals surface area contributed by atoms with E-state index in [4.69, 9.17) is 0 Å². The number of aryl methyl sites for hydroxylation is 3. The van der Waals surface area contributed by atoms with Gasteiger partial charge in [-0.25, -0.2) is 8.42 Å². The van der Waals surface area contributed by atoms with Crippen molar-refractivity contribution in [2.24, 2.45) is 7.05 Å².